The van der Waals surface area contributed by atoms with Crippen molar-refractivity contribution in [2.45, 2.75) is 38.6 Å². The van der Waals surface area contributed by atoms with E-state index in [2.05, 4.69) is 32.4 Å². The van der Waals surface area contributed by atoms with E-state index in [1.807, 2.05) is 37.3 Å². The molecule has 5 heteroatoms. The van der Waals surface area contributed by atoms with Gasteiger partial charge in [-0.3, -0.25) is 4.79 Å². The van der Waals surface area contributed by atoms with Crippen LogP contribution in [-0.2, 0) is 17.6 Å². The van der Waals surface area contributed by atoms with Gasteiger partial charge in [-0.2, -0.15) is 0 Å². The molecule has 0 saturated heterocycles. The molecule has 0 bridgehead atoms. The monoisotopic (exact) mass is 322 g/mol. The molecule has 3 rings (SSSR count). The highest BCUT2D eigenvalue weighted by atomic mass is 16.1. The van der Waals surface area contributed by atoms with Crippen molar-refractivity contribution in [3.63, 3.8) is 0 Å². The molecule has 1 atom stereocenters. The number of nitrogens with one attached hydrogen (secondary N) is 2. The Labute approximate surface area is 141 Å². The molecule has 1 amide bonds. The number of pyridine rings is 1. The number of hydrogen-bond donors (Lipinski definition) is 2. The van der Waals surface area contributed by atoms with E-state index in [0.717, 1.165) is 24.2 Å². The number of amides is 1. The Morgan fingerprint density at radius 1 is 1.17 bits per heavy atom. The second-order valence-corrected chi connectivity index (χ2v) is 6.05. The van der Waals surface area contributed by atoms with Gasteiger partial charge >= 0.3 is 0 Å². The third-order valence-corrected chi connectivity index (χ3v) is 4.01. The predicted octanol–water partition coefficient (Wildman–Crippen LogP) is 3.03. The Hall–Kier alpha value is -2.69. The van der Waals surface area contributed by atoms with Crippen molar-refractivity contribution in [3.8, 4) is 0 Å². The molecule has 3 aromatic rings. The van der Waals surface area contributed by atoms with Crippen molar-refractivity contribution in [2.75, 3.05) is 0 Å². The fraction of sp³-hybridized carbons (Fsp3) is 0.316. The SMILES string of the molecule is C[C@H](CCc1ccccc1)NC(=O)CCc1nc2ncccc2[nH]1. The number of carbonyl (C=O) groups is 1. The highest BCUT2D eigenvalue weighted by molar-refractivity contribution is 5.76. The van der Waals surface area contributed by atoms with Crippen LogP contribution in [-0.4, -0.2) is 26.9 Å². The molecular formula is C19H22N4O. The number of H-pyrrole nitrogens is 1. The van der Waals surface area contributed by atoms with Crippen LogP contribution in [0.5, 0.6) is 0 Å². The Morgan fingerprint density at radius 3 is 2.79 bits per heavy atom. The van der Waals surface area contributed by atoms with Crippen LogP contribution < -0.4 is 5.32 Å². The van der Waals surface area contributed by atoms with Gasteiger partial charge in [0.25, 0.3) is 0 Å². The minimum atomic E-state index is 0.0592. The Bertz CT molecular complexity index is 764. The molecule has 2 N–H and O–H groups in total. The Morgan fingerprint density at radius 2 is 2.00 bits per heavy atom. The summed E-state index contributed by atoms with van der Waals surface area (Å²) in [5.41, 5.74) is 2.90. The molecule has 0 spiro atoms. The summed E-state index contributed by atoms with van der Waals surface area (Å²) in [7, 11) is 0. The Balaban J connectivity index is 1.43. The van der Waals surface area contributed by atoms with Crippen molar-refractivity contribution in [1.29, 1.82) is 0 Å². The molecule has 0 saturated carbocycles. The van der Waals surface area contributed by atoms with Gasteiger partial charge in [-0.15, -0.1) is 0 Å². The number of rotatable bonds is 7. The third-order valence-electron chi connectivity index (χ3n) is 4.01. The van der Waals surface area contributed by atoms with Gasteiger partial charge in [0.15, 0.2) is 5.65 Å². The first-order valence-corrected chi connectivity index (χ1v) is 8.33. The first-order chi connectivity index (χ1) is 11.7. The lowest BCUT2D eigenvalue weighted by Gasteiger charge is -2.13. The largest absolute Gasteiger partial charge is 0.354 e. The summed E-state index contributed by atoms with van der Waals surface area (Å²) >= 11 is 0. The van der Waals surface area contributed by atoms with E-state index < -0.39 is 0 Å². The summed E-state index contributed by atoms with van der Waals surface area (Å²) in [5.74, 6) is 0.861. The number of aryl methyl sites for hydroxylation is 2. The lowest BCUT2D eigenvalue weighted by molar-refractivity contribution is -0.121. The van der Waals surface area contributed by atoms with E-state index in [0.29, 0.717) is 18.5 Å². The highest BCUT2D eigenvalue weighted by Gasteiger charge is 2.10. The van der Waals surface area contributed by atoms with Crippen molar-refractivity contribution in [3.05, 3.63) is 60.0 Å². The van der Waals surface area contributed by atoms with Crippen LogP contribution in [0.1, 0.15) is 31.2 Å². The zero-order valence-electron chi connectivity index (χ0n) is 13.8. The van der Waals surface area contributed by atoms with Crippen LogP contribution in [0, 0.1) is 0 Å². The van der Waals surface area contributed by atoms with Gasteiger partial charge < -0.3 is 10.3 Å². The van der Waals surface area contributed by atoms with Crippen molar-refractivity contribution < 1.29 is 4.79 Å². The average molecular weight is 322 g/mol. The normalized spacial score (nSPS) is 12.2. The van der Waals surface area contributed by atoms with Crippen LogP contribution in [0.2, 0.25) is 0 Å². The van der Waals surface area contributed by atoms with E-state index >= 15 is 0 Å². The average Bonchev–Trinajstić information content (AvgIpc) is 3.02. The molecule has 5 nitrogen and oxygen atoms in total. The van der Waals surface area contributed by atoms with E-state index in [1.54, 1.807) is 6.20 Å². The van der Waals surface area contributed by atoms with E-state index in [4.69, 9.17) is 0 Å². The van der Waals surface area contributed by atoms with E-state index in [9.17, 15) is 4.79 Å². The van der Waals surface area contributed by atoms with Crippen molar-refractivity contribution >= 4 is 17.1 Å². The quantitative estimate of drug-likeness (QED) is 0.702. The molecule has 2 heterocycles. The number of carbonyl (C=O) groups excluding carboxylic acids is 1. The fourth-order valence-electron chi connectivity index (χ4n) is 2.69. The van der Waals surface area contributed by atoms with Gasteiger partial charge in [0.1, 0.15) is 5.82 Å². The smallest absolute Gasteiger partial charge is 0.220 e. The summed E-state index contributed by atoms with van der Waals surface area (Å²) in [6.07, 6.45) is 4.64. The summed E-state index contributed by atoms with van der Waals surface area (Å²) in [5, 5.41) is 3.06. The van der Waals surface area contributed by atoms with Crippen molar-refractivity contribution in [1.82, 2.24) is 20.3 Å². The maximum Gasteiger partial charge on any atom is 0.220 e. The number of hydrogen-bond acceptors (Lipinski definition) is 3. The topological polar surface area (TPSA) is 70.7 Å². The van der Waals surface area contributed by atoms with Gasteiger partial charge in [-0.25, -0.2) is 9.97 Å². The first kappa shape index (κ1) is 16.2. The maximum absolute atomic E-state index is 12.1. The van der Waals surface area contributed by atoms with Crippen LogP contribution >= 0.6 is 0 Å². The standard InChI is InChI=1S/C19H22N4O/c1-14(9-10-15-6-3-2-4-7-15)21-18(24)12-11-17-22-16-8-5-13-20-19(16)23-17/h2-8,13-14H,9-12H2,1H3,(H,21,24)(H,20,22,23)/t14-/m1/s1. The number of benzene rings is 1. The molecular weight excluding hydrogens is 300 g/mol. The van der Waals surface area contributed by atoms with Crippen molar-refractivity contribution in [2.24, 2.45) is 0 Å². The van der Waals surface area contributed by atoms with E-state index in [-0.39, 0.29) is 11.9 Å². The molecule has 0 aliphatic rings. The summed E-state index contributed by atoms with van der Waals surface area (Å²) in [6.45, 7) is 2.05. The molecule has 0 unspecified atom stereocenters. The summed E-state index contributed by atoms with van der Waals surface area (Å²) in [4.78, 5) is 23.9. The molecule has 0 aliphatic heterocycles. The Kier molecular flexibility index (Phi) is 5.21. The zero-order chi connectivity index (χ0) is 16.8. The molecule has 2 aromatic heterocycles. The lowest BCUT2D eigenvalue weighted by atomic mass is 10.1. The highest BCUT2D eigenvalue weighted by Crippen LogP contribution is 2.09. The number of fused-ring (bicyclic) bond motifs is 1. The van der Waals surface area contributed by atoms with Crippen LogP contribution in [0.15, 0.2) is 48.7 Å². The summed E-state index contributed by atoms with van der Waals surface area (Å²) < 4.78 is 0. The fourth-order valence-corrected chi connectivity index (χ4v) is 2.69. The molecule has 0 fully saturated rings. The van der Waals surface area contributed by atoms with Gasteiger partial charge in [-0.05, 0) is 37.5 Å². The first-order valence-electron chi connectivity index (χ1n) is 8.33. The maximum atomic E-state index is 12.1. The van der Waals surface area contributed by atoms with Gasteiger partial charge in [0.2, 0.25) is 5.91 Å². The van der Waals surface area contributed by atoms with Gasteiger partial charge in [-0.1, -0.05) is 30.3 Å². The lowest BCUT2D eigenvalue weighted by Crippen LogP contribution is -2.33. The third kappa shape index (κ3) is 4.41. The molecule has 24 heavy (non-hydrogen) atoms. The summed E-state index contributed by atoms with van der Waals surface area (Å²) in [6, 6.07) is 14.3. The number of nitrogens with zero attached hydrogens (tertiary/aromatic N) is 2. The molecule has 124 valence electrons. The van der Waals surface area contributed by atoms with Gasteiger partial charge in [0.05, 0.1) is 5.52 Å². The number of aromatic nitrogens is 3. The number of imidazole rings is 1. The predicted molar refractivity (Wildman–Crippen MR) is 94.6 cm³/mol. The van der Waals surface area contributed by atoms with E-state index in [1.165, 1.54) is 5.56 Å². The molecule has 0 aliphatic carbocycles. The van der Waals surface area contributed by atoms with Crippen LogP contribution in [0.4, 0.5) is 0 Å². The molecule has 0 radical (unpaired) electrons. The second-order valence-electron chi connectivity index (χ2n) is 6.05. The van der Waals surface area contributed by atoms with Crippen LogP contribution in [0.25, 0.3) is 11.2 Å². The minimum absolute atomic E-state index is 0.0592. The van der Waals surface area contributed by atoms with Gasteiger partial charge in [0, 0.05) is 25.1 Å². The minimum Gasteiger partial charge on any atom is -0.354 e. The molecule has 1 aromatic carbocycles. The number of aromatic amines is 1. The zero-order valence-corrected chi connectivity index (χ0v) is 13.8. The van der Waals surface area contributed by atoms with Crippen LogP contribution in [0.3, 0.4) is 0 Å². The second kappa shape index (κ2) is 7.73.